The van der Waals surface area contributed by atoms with Crippen LogP contribution in [0.2, 0.25) is 5.02 Å². The number of benzene rings is 1. The molecule has 0 unspecified atom stereocenters. The number of hydrogen-bond acceptors (Lipinski definition) is 6. The van der Waals surface area contributed by atoms with Crippen LogP contribution in [-0.2, 0) is 11.3 Å². The normalized spacial score (nSPS) is 14.2. The predicted molar refractivity (Wildman–Crippen MR) is 156 cm³/mol. The number of aromatic amines is 1. The fourth-order valence-corrected chi connectivity index (χ4v) is 6.03. The van der Waals surface area contributed by atoms with Crippen molar-refractivity contribution in [1.82, 2.24) is 39.0 Å². The smallest absolute Gasteiger partial charge is 0.327 e. The third-order valence-corrected chi connectivity index (χ3v) is 8.06. The first-order chi connectivity index (χ1) is 20.1. The number of nitrogens with zero attached hydrogens (tertiary/aromatic N) is 7. The van der Waals surface area contributed by atoms with Gasteiger partial charge in [0.25, 0.3) is 0 Å². The quantitative estimate of drug-likeness (QED) is 0.324. The third-order valence-electron chi connectivity index (χ3n) is 7.73. The molecule has 0 spiro atoms. The van der Waals surface area contributed by atoms with E-state index in [2.05, 4.69) is 24.9 Å². The van der Waals surface area contributed by atoms with Crippen molar-refractivity contribution in [2.45, 2.75) is 25.4 Å². The number of fused-ring (bicyclic) bond motifs is 2. The first kappa shape index (κ1) is 25.2. The Bertz CT molecular complexity index is 1950. The zero-order valence-corrected chi connectivity index (χ0v) is 22.7. The summed E-state index contributed by atoms with van der Waals surface area (Å²) in [7, 11) is 0. The summed E-state index contributed by atoms with van der Waals surface area (Å²) in [6.45, 7) is 1.22. The SMILES string of the molecule is O=C(Cn1cc(-c2ccccc2Cl)c2c(-c3cccnc3)ncnc21)N1CCC(n2c(=O)[nH]c3ncccc32)CC1. The van der Waals surface area contributed by atoms with Gasteiger partial charge < -0.3 is 9.47 Å². The second-order valence-corrected chi connectivity index (χ2v) is 10.5. The molecule has 7 rings (SSSR count). The molecule has 0 aliphatic carbocycles. The van der Waals surface area contributed by atoms with Gasteiger partial charge in [-0.1, -0.05) is 29.8 Å². The fraction of sp³-hybridized carbons (Fsp3) is 0.200. The van der Waals surface area contributed by atoms with E-state index in [1.807, 2.05) is 64.2 Å². The average Bonchev–Trinajstić information content (AvgIpc) is 3.54. The van der Waals surface area contributed by atoms with Gasteiger partial charge >= 0.3 is 5.69 Å². The number of hydrogen-bond donors (Lipinski definition) is 1. The first-order valence-electron chi connectivity index (χ1n) is 13.4. The summed E-state index contributed by atoms with van der Waals surface area (Å²) < 4.78 is 3.65. The summed E-state index contributed by atoms with van der Waals surface area (Å²) >= 11 is 6.63. The lowest BCUT2D eigenvalue weighted by atomic mass is 10.0. The van der Waals surface area contributed by atoms with E-state index in [1.165, 1.54) is 6.33 Å². The molecule has 0 atom stereocenters. The van der Waals surface area contributed by atoms with Gasteiger partial charge in [0.15, 0.2) is 5.65 Å². The summed E-state index contributed by atoms with van der Waals surface area (Å²) in [4.78, 5) is 48.7. The zero-order chi connectivity index (χ0) is 27.9. The molecule has 1 N–H and O–H groups in total. The second-order valence-electron chi connectivity index (χ2n) is 10.1. The van der Waals surface area contributed by atoms with Crippen molar-refractivity contribution in [2.75, 3.05) is 13.1 Å². The topological polar surface area (TPSA) is 115 Å². The fourth-order valence-electron chi connectivity index (χ4n) is 5.79. The number of rotatable bonds is 5. The molecule has 5 aromatic heterocycles. The Morgan fingerprint density at radius 1 is 0.976 bits per heavy atom. The molecule has 6 heterocycles. The maximum atomic E-state index is 13.6. The number of aromatic nitrogens is 7. The van der Waals surface area contributed by atoms with Gasteiger partial charge in [-0.3, -0.25) is 19.3 Å². The largest absolute Gasteiger partial charge is 0.341 e. The molecular weight excluding hydrogens is 540 g/mol. The molecule has 11 heteroatoms. The van der Waals surface area contributed by atoms with Crippen molar-refractivity contribution in [3.63, 3.8) is 0 Å². The Labute approximate surface area is 239 Å². The number of nitrogens with one attached hydrogen (secondary N) is 1. The van der Waals surface area contributed by atoms with E-state index in [0.717, 1.165) is 33.3 Å². The zero-order valence-electron chi connectivity index (χ0n) is 21.9. The van der Waals surface area contributed by atoms with Crippen LogP contribution in [0.4, 0.5) is 0 Å². The van der Waals surface area contributed by atoms with Crippen molar-refractivity contribution >= 4 is 39.7 Å². The highest BCUT2D eigenvalue weighted by molar-refractivity contribution is 6.33. The monoisotopic (exact) mass is 564 g/mol. The highest BCUT2D eigenvalue weighted by Gasteiger charge is 2.27. The summed E-state index contributed by atoms with van der Waals surface area (Å²) in [6.07, 6.45) is 9.95. The van der Waals surface area contributed by atoms with Gasteiger partial charge in [-0.15, -0.1) is 0 Å². The minimum atomic E-state index is -0.168. The van der Waals surface area contributed by atoms with Crippen LogP contribution in [0.5, 0.6) is 0 Å². The van der Waals surface area contributed by atoms with Crippen LogP contribution in [0.15, 0.2) is 84.4 Å². The number of H-pyrrole nitrogens is 1. The molecule has 0 radical (unpaired) electrons. The van der Waals surface area contributed by atoms with Crippen LogP contribution in [-0.4, -0.2) is 58.0 Å². The molecule has 204 valence electrons. The summed E-state index contributed by atoms with van der Waals surface area (Å²) in [5, 5.41) is 1.41. The van der Waals surface area contributed by atoms with E-state index in [9.17, 15) is 9.59 Å². The molecule has 1 aliphatic heterocycles. The van der Waals surface area contributed by atoms with Crippen molar-refractivity contribution in [3.05, 3.63) is 95.2 Å². The van der Waals surface area contributed by atoms with E-state index < -0.39 is 0 Å². The Hall–Kier alpha value is -4.83. The summed E-state index contributed by atoms with van der Waals surface area (Å²) in [5.74, 6) is -0.0134. The highest BCUT2D eigenvalue weighted by atomic mass is 35.5. The third kappa shape index (κ3) is 4.46. The minimum absolute atomic E-state index is 0.00138. The maximum absolute atomic E-state index is 13.6. The Kier molecular flexibility index (Phi) is 6.31. The van der Waals surface area contributed by atoms with Gasteiger partial charge in [0.05, 0.1) is 16.6 Å². The van der Waals surface area contributed by atoms with Crippen LogP contribution in [0.25, 0.3) is 44.6 Å². The lowest BCUT2D eigenvalue weighted by Crippen LogP contribution is -2.41. The number of amides is 1. The maximum Gasteiger partial charge on any atom is 0.327 e. The van der Waals surface area contributed by atoms with Crippen molar-refractivity contribution < 1.29 is 4.79 Å². The summed E-state index contributed by atoms with van der Waals surface area (Å²) in [6, 6.07) is 15.2. The van der Waals surface area contributed by atoms with E-state index in [-0.39, 0.29) is 24.2 Å². The van der Waals surface area contributed by atoms with Crippen molar-refractivity contribution in [3.8, 4) is 22.4 Å². The number of likely N-dealkylation sites (tertiary alicyclic amines) is 1. The van der Waals surface area contributed by atoms with E-state index in [0.29, 0.717) is 42.2 Å². The Morgan fingerprint density at radius 2 is 1.80 bits per heavy atom. The lowest BCUT2D eigenvalue weighted by Gasteiger charge is -2.32. The molecular formula is C30H25ClN8O2. The van der Waals surface area contributed by atoms with Gasteiger partial charge in [0, 0.05) is 65.6 Å². The van der Waals surface area contributed by atoms with Crippen LogP contribution < -0.4 is 5.69 Å². The van der Waals surface area contributed by atoms with Gasteiger partial charge in [0.1, 0.15) is 18.5 Å². The molecule has 0 saturated carbocycles. The molecule has 41 heavy (non-hydrogen) atoms. The van der Waals surface area contributed by atoms with Crippen LogP contribution in [0, 0.1) is 0 Å². The number of pyridine rings is 2. The van der Waals surface area contributed by atoms with Crippen molar-refractivity contribution in [2.24, 2.45) is 0 Å². The molecule has 1 amide bonds. The van der Waals surface area contributed by atoms with Crippen LogP contribution in [0.3, 0.4) is 0 Å². The minimum Gasteiger partial charge on any atom is -0.341 e. The highest BCUT2D eigenvalue weighted by Crippen LogP contribution is 2.38. The number of carbonyl (C=O) groups excluding carboxylic acids is 1. The number of imidazole rings is 1. The summed E-state index contributed by atoms with van der Waals surface area (Å²) in [5.41, 5.74) is 5.11. The van der Waals surface area contributed by atoms with Crippen molar-refractivity contribution in [1.29, 1.82) is 0 Å². The second kappa shape index (κ2) is 10.3. The number of halogens is 1. The van der Waals surface area contributed by atoms with Crippen LogP contribution in [0.1, 0.15) is 18.9 Å². The molecule has 1 saturated heterocycles. The Morgan fingerprint density at radius 3 is 2.61 bits per heavy atom. The molecule has 1 aliphatic rings. The van der Waals surface area contributed by atoms with Gasteiger partial charge in [-0.05, 0) is 43.2 Å². The van der Waals surface area contributed by atoms with Gasteiger partial charge in [0.2, 0.25) is 5.91 Å². The van der Waals surface area contributed by atoms with Gasteiger partial charge in [-0.25, -0.2) is 19.7 Å². The number of carbonyl (C=O) groups is 1. The van der Waals surface area contributed by atoms with E-state index in [1.54, 1.807) is 23.2 Å². The molecule has 0 bridgehead atoms. The first-order valence-corrected chi connectivity index (χ1v) is 13.8. The average molecular weight is 565 g/mol. The van der Waals surface area contributed by atoms with Crippen LogP contribution >= 0.6 is 11.6 Å². The lowest BCUT2D eigenvalue weighted by molar-refractivity contribution is -0.133. The number of piperidine rings is 1. The molecule has 10 nitrogen and oxygen atoms in total. The predicted octanol–water partition coefficient (Wildman–Crippen LogP) is 4.72. The van der Waals surface area contributed by atoms with E-state index >= 15 is 0 Å². The molecule has 1 fully saturated rings. The standard InChI is InChI=1S/C30H25ClN8O2/c31-23-7-2-1-6-21(23)22-16-38(29-26(22)27(34-18-35-29)19-5-3-11-32-15-19)17-25(40)37-13-9-20(10-14-37)39-24-8-4-12-33-28(24)36-30(39)41/h1-8,11-12,15-16,18,20H,9-10,13-14,17H2,(H,33,36,41). The molecule has 6 aromatic rings. The Balaban J connectivity index is 1.19. The van der Waals surface area contributed by atoms with Gasteiger partial charge in [-0.2, -0.15) is 0 Å². The van der Waals surface area contributed by atoms with E-state index in [4.69, 9.17) is 11.6 Å². The molecule has 1 aromatic carbocycles.